The second kappa shape index (κ2) is 6.04. The van der Waals surface area contributed by atoms with Gasteiger partial charge in [-0.1, -0.05) is 6.07 Å². The molecule has 3 rings (SSSR count). The summed E-state index contributed by atoms with van der Waals surface area (Å²) < 4.78 is 24.9. The lowest BCUT2D eigenvalue weighted by molar-refractivity contribution is 0.405. The van der Waals surface area contributed by atoms with Gasteiger partial charge in [-0.05, 0) is 37.1 Å². The zero-order chi connectivity index (χ0) is 14.7. The van der Waals surface area contributed by atoms with Crippen LogP contribution in [-0.2, 0) is 0 Å². The van der Waals surface area contributed by atoms with Crippen LogP contribution in [0, 0.1) is 5.82 Å². The van der Waals surface area contributed by atoms with Gasteiger partial charge in [-0.25, -0.2) is 4.39 Å². The lowest BCUT2D eigenvalue weighted by Gasteiger charge is -2.18. The van der Waals surface area contributed by atoms with Gasteiger partial charge < -0.3 is 14.4 Å². The Morgan fingerprint density at radius 1 is 1.00 bits per heavy atom. The molecule has 0 aromatic heterocycles. The number of methoxy groups -OCH3 is 1. The Morgan fingerprint density at radius 2 is 1.76 bits per heavy atom. The molecule has 0 aliphatic carbocycles. The van der Waals surface area contributed by atoms with Crippen molar-refractivity contribution in [2.24, 2.45) is 0 Å². The van der Waals surface area contributed by atoms with Gasteiger partial charge in [0.25, 0.3) is 0 Å². The maximum atomic E-state index is 14.2. The highest BCUT2D eigenvalue weighted by Crippen LogP contribution is 2.30. The summed E-state index contributed by atoms with van der Waals surface area (Å²) in [5, 5.41) is 0. The maximum absolute atomic E-state index is 14.2. The number of nitrogens with zero attached hydrogens (tertiary/aromatic N) is 1. The summed E-state index contributed by atoms with van der Waals surface area (Å²) in [6.45, 7) is 1.99. The lowest BCUT2D eigenvalue weighted by Crippen LogP contribution is -2.17. The molecule has 3 nitrogen and oxygen atoms in total. The van der Waals surface area contributed by atoms with Crippen molar-refractivity contribution in [1.82, 2.24) is 0 Å². The summed E-state index contributed by atoms with van der Waals surface area (Å²) in [7, 11) is 1.59. The van der Waals surface area contributed by atoms with Gasteiger partial charge in [0.15, 0.2) is 11.6 Å². The van der Waals surface area contributed by atoms with E-state index < -0.39 is 0 Å². The van der Waals surface area contributed by atoms with Gasteiger partial charge in [0.1, 0.15) is 11.5 Å². The highest BCUT2D eigenvalue weighted by molar-refractivity contribution is 5.51. The molecule has 21 heavy (non-hydrogen) atoms. The topological polar surface area (TPSA) is 21.7 Å². The Labute approximate surface area is 123 Å². The monoisotopic (exact) mass is 287 g/mol. The molecule has 1 heterocycles. The van der Waals surface area contributed by atoms with Crippen LogP contribution in [0.4, 0.5) is 10.1 Å². The SMILES string of the molecule is COc1cccc(Oc2ccc(N3CCCC3)cc2F)c1. The van der Waals surface area contributed by atoms with Crippen LogP contribution in [0.15, 0.2) is 42.5 Å². The minimum Gasteiger partial charge on any atom is -0.497 e. The van der Waals surface area contributed by atoms with E-state index in [0.29, 0.717) is 11.5 Å². The molecular weight excluding hydrogens is 269 g/mol. The zero-order valence-corrected chi connectivity index (χ0v) is 12.0. The van der Waals surface area contributed by atoms with Crippen molar-refractivity contribution in [3.05, 3.63) is 48.3 Å². The molecule has 0 spiro atoms. The Hall–Kier alpha value is -2.23. The minimum absolute atomic E-state index is 0.228. The summed E-state index contributed by atoms with van der Waals surface area (Å²) in [4.78, 5) is 2.19. The van der Waals surface area contributed by atoms with Crippen LogP contribution in [0.3, 0.4) is 0 Å². The molecule has 0 unspecified atom stereocenters. The number of hydrogen-bond acceptors (Lipinski definition) is 3. The van der Waals surface area contributed by atoms with Crippen molar-refractivity contribution in [3.8, 4) is 17.2 Å². The molecule has 0 saturated carbocycles. The third-order valence-corrected chi connectivity index (χ3v) is 3.66. The van der Waals surface area contributed by atoms with Crippen molar-refractivity contribution < 1.29 is 13.9 Å². The van der Waals surface area contributed by atoms with E-state index in [2.05, 4.69) is 4.90 Å². The molecule has 2 aromatic carbocycles. The molecule has 1 saturated heterocycles. The highest BCUT2D eigenvalue weighted by Gasteiger charge is 2.14. The predicted molar refractivity (Wildman–Crippen MR) is 80.9 cm³/mol. The minimum atomic E-state index is -0.345. The van der Waals surface area contributed by atoms with Crippen molar-refractivity contribution >= 4 is 5.69 Å². The lowest BCUT2D eigenvalue weighted by atomic mass is 10.2. The summed E-state index contributed by atoms with van der Waals surface area (Å²) in [6, 6.07) is 12.3. The molecule has 0 N–H and O–H groups in total. The molecule has 1 fully saturated rings. The van der Waals surface area contributed by atoms with Gasteiger partial charge in [-0.3, -0.25) is 0 Å². The molecule has 1 aliphatic rings. The largest absolute Gasteiger partial charge is 0.497 e. The summed E-state index contributed by atoms with van der Waals surface area (Å²) in [5.74, 6) is 1.12. The van der Waals surface area contributed by atoms with E-state index in [4.69, 9.17) is 9.47 Å². The van der Waals surface area contributed by atoms with Gasteiger partial charge in [0.2, 0.25) is 0 Å². The van der Waals surface area contributed by atoms with Crippen molar-refractivity contribution in [3.63, 3.8) is 0 Å². The first-order valence-electron chi connectivity index (χ1n) is 7.13. The average Bonchev–Trinajstić information content (AvgIpc) is 3.04. The van der Waals surface area contributed by atoms with E-state index >= 15 is 0 Å². The second-order valence-corrected chi connectivity index (χ2v) is 5.09. The molecular formula is C17H18FNO2. The number of hydrogen-bond donors (Lipinski definition) is 0. The standard InChI is InChI=1S/C17H18FNO2/c1-20-14-5-4-6-15(12-14)21-17-8-7-13(11-16(17)18)19-9-2-3-10-19/h4-8,11-12H,2-3,9-10H2,1H3. The van der Waals surface area contributed by atoms with E-state index in [1.165, 1.54) is 12.8 Å². The first-order chi connectivity index (χ1) is 10.3. The Morgan fingerprint density at radius 3 is 2.48 bits per heavy atom. The number of benzene rings is 2. The number of anilines is 1. The van der Waals surface area contributed by atoms with E-state index in [0.717, 1.165) is 18.8 Å². The van der Waals surface area contributed by atoms with Gasteiger partial charge in [0.05, 0.1) is 7.11 Å². The second-order valence-electron chi connectivity index (χ2n) is 5.09. The zero-order valence-electron chi connectivity index (χ0n) is 12.0. The van der Waals surface area contributed by atoms with Crippen LogP contribution in [0.2, 0.25) is 0 Å². The van der Waals surface area contributed by atoms with Crippen LogP contribution in [0.5, 0.6) is 17.2 Å². The normalized spacial score (nSPS) is 14.3. The van der Waals surface area contributed by atoms with Crippen LogP contribution < -0.4 is 14.4 Å². The van der Waals surface area contributed by atoms with Crippen LogP contribution in [0.25, 0.3) is 0 Å². The van der Waals surface area contributed by atoms with E-state index in [1.807, 2.05) is 18.2 Å². The molecule has 0 bridgehead atoms. The predicted octanol–water partition coefficient (Wildman–Crippen LogP) is 4.23. The fourth-order valence-electron chi connectivity index (χ4n) is 2.54. The average molecular weight is 287 g/mol. The fraction of sp³-hybridized carbons (Fsp3) is 0.294. The van der Waals surface area contributed by atoms with Gasteiger partial charge in [-0.2, -0.15) is 0 Å². The summed E-state index contributed by atoms with van der Waals surface area (Å²) in [5.41, 5.74) is 0.919. The van der Waals surface area contributed by atoms with Crippen molar-refractivity contribution in [2.75, 3.05) is 25.1 Å². The summed E-state index contributed by atoms with van der Waals surface area (Å²) >= 11 is 0. The Bertz CT molecular complexity index is 624. The van der Waals surface area contributed by atoms with Crippen LogP contribution >= 0.6 is 0 Å². The van der Waals surface area contributed by atoms with Gasteiger partial charge in [-0.15, -0.1) is 0 Å². The van der Waals surface area contributed by atoms with E-state index in [-0.39, 0.29) is 11.6 Å². The highest BCUT2D eigenvalue weighted by atomic mass is 19.1. The van der Waals surface area contributed by atoms with E-state index in [9.17, 15) is 4.39 Å². The molecule has 110 valence electrons. The third-order valence-electron chi connectivity index (χ3n) is 3.66. The molecule has 1 aliphatic heterocycles. The van der Waals surface area contributed by atoms with Crippen LogP contribution in [-0.4, -0.2) is 20.2 Å². The smallest absolute Gasteiger partial charge is 0.167 e. The quantitative estimate of drug-likeness (QED) is 0.840. The third kappa shape index (κ3) is 3.10. The van der Waals surface area contributed by atoms with Gasteiger partial charge >= 0.3 is 0 Å². The number of halogens is 1. The van der Waals surface area contributed by atoms with Crippen molar-refractivity contribution in [1.29, 1.82) is 0 Å². The number of ether oxygens (including phenoxy) is 2. The number of rotatable bonds is 4. The first-order valence-corrected chi connectivity index (χ1v) is 7.13. The molecule has 2 aromatic rings. The van der Waals surface area contributed by atoms with E-state index in [1.54, 1.807) is 31.4 Å². The Kier molecular flexibility index (Phi) is 3.95. The molecule has 0 radical (unpaired) electrons. The molecule has 0 atom stereocenters. The fourth-order valence-corrected chi connectivity index (χ4v) is 2.54. The van der Waals surface area contributed by atoms with Crippen molar-refractivity contribution in [2.45, 2.75) is 12.8 Å². The molecule has 0 amide bonds. The Balaban J connectivity index is 1.79. The molecule has 4 heteroatoms. The van der Waals surface area contributed by atoms with Crippen LogP contribution in [0.1, 0.15) is 12.8 Å². The maximum Gasteiger partial charge on any atom is 0.167 e. The first kappa shape index (κ1) is 13.7. The van der Waals surface area contributed by atoms with Gasteiger partial charge in [0, 0.05) is 30.9 Å². The summed E-state index contributed by atoms with van der Waals surface area (Å²) in [6.07, 6.45) is 2.34.